The minimum atomic E-state index is -0.269. The highest BCUT2D eigenvalue weighted by Crippen LogP contribution is 2.66. The van der Waals surface area contributed by atoms with Crippen molar-refractivity contribution in [2.24, 2.45) is 39.6 Å². The first kappa shape index (κ1) is 24.9. The number of Topliss-reactive ketones (excluding diaryl/α,β-unsaturated/α-hetero) is 1. The zero-order valence-corrected chi connectivity index (χ0v) is 22.0. The highest BCUT2D eigenvalue weighted by Gasteiger charge is 2.59. The van der Waals surface area contributed by atoms with E-state index < -0.39 is 0 Å². The van der Waals surface area contributed by atoms with Crippen LogP contribution in [0.15, 0.2) is 41.0 Å². The normalized spacial score (nSPS) is 36.2. The maximum atomic E-state index is 12.6. The van der Waals surface area contributed by atoms with Crippen LogP contribution in [0.4, 0.5) is 0 Å². The van der Waals surface area contributed by atoms with Gasteiger partial charge >= 0.3 is 0 Å². The fraction of sp³-hybridized carbons (Fsp3) is 0.600. The number of benzene rings is 1. The monoisotopic (exact) mass is 489 g/mol. The molecular weight excluding hydrogens is 450 g/mol. The van der Waals surface area contributed by atoms with Crippen LogP contribution in [0.5, 0.6) is 0 Å². The lowest BCUT2D eigenvalue weighted by Gasteiger charge is -2.58. The van der Waals surface area contributed by atoms with Gasteiger partial charge in [-0.3, -0.25) is 14.4 Å². The lowest BCUT2D eigenvalue weighted by molar-refractivity contribution is -0.127. The summed E-state index contributed by atoms with van der Waals surface area (Å²) in [6, 6.07) is 6.58. The van der Waals surface area contributed by atoms with Crippen molar-refractivity contribution >= 4 is 23.3 Å². The smallest absolute Gasteiger partial charge is 0.271 e. The van der Waals surface area contributed by atoms with Crippen LogP contribution in [0.2, 0.25) is 0 Å². The van der Waals surface area contributed by atoms with Crippen molar-refractivity contribution in [3.63, 3.8) is 0 Å². The van der Waals surface area contributed by atoms with Crippen LogP contribution in [0.1, 0.15) is 92.9 Å². The van der Waals surface area contributed by atoms with Gasteiger partial charge in [-0.25, -0.2) is 5.43 Å². The number of fused-ring (bicyclic) bond motifs is 5. The van der Waals surface area contributed by atoms with Crippen molar-refractivity contribution in [2.75, 3.05) is 7.05 Å². The third-order valence-electron chi connectivity index (χ3n) is 10.4. The molecule has 0 saturated heterocycles. The molecule has 0 heterocycles. The molecule has 0 aliphatic heterocycles. The van der Waals surface area contributed by atoms with Crippen LogP contribution in [0, 0.1) is 34.5 Å². The molecule has 2 N–H and O–H groups in total. The lowest BCUT2D eigenvalue weighted by Crippen LogP contribution is -2.51. The van der Waals surface area contributed by atoms with E-state index in [0.717, 1.165) is 31.4 Å². The fourth-order valence-corrected chi connectivity index (χ4v) is 8.43. The van der Waals surface area contributed by atoms with Crippen molar-refractivity contribution < 1.29 is 14.4 Å². The molecule has 192 valence electrons. The van der Waals surface area contributed by atoms with Crippen molar-refractivity contribution in [1.82, 2.24) is 10.7 Å². The third kappa shape index (κ3) is 4.03. The van der Waals surface area contributed by atoms with Crippen LogP contribution in [-0.2, 0) is 4.79 Å². The van der Waals surface area contributed by atoms with Crippen LogP contribution < -0.4 is 10.7 Å². The Morgan fingerprint density at radius 1 is 0.889 bits per heavy atom. The Morgan fingerprint density at radius 2 is 1.58 bits per heavy atom. The average molecular weight is 490 g/mol. The van der Waals surface area contributed by atoms with Gasteiger partial charge in [0.1, 0.15) is 5.78 Å². The fourth-order valence-electron chi connectivity index (χ4n) is 8.43. The van der Waals surface area contributed by atoms with E-state index in [9.17, 15) is 14.4 Å². The van der Waals surface area contributed by atoms with Crippen LogP contribution in [0.25, 0.3) is 0 Å². The standard InChI is InChI=1S/C30H39N3O3/c1-18(34)24-11-12-25-23-10-9-21-17-22(13-15-29(21,2)26(23)14-16-30(24,25)3)32-33-28(36)20-7-5-19(6-8-20)27(35)31-4/h5-8,17,23-26H,9-16H2,1-4H3,(H,31,35)(H,33,36)/b32-22+/t23-,24+,25-,26-,29-,30+/m0/s1. The molecule has 36 heavy (non-hydrogen) atoms. The number of hydrazone groups is 1. The largest absolute Gasteiger partial charge is 0.355 e. The molecule has 1 aromatic carbocycles. The molecule has 6 nitrogen and oxygen atoms in total. The summed E-state index contributed by atoms with van der Waals surface area (Å²) >= 11 is 0. The molecule has 0 bridgehead atoms. The Hall–Kier alpha value is -2.76. The van der Waals surface area contributed by atoms with Gasteiger partial charge in [0.05, 0.1) is 5.71 Å². The van der Waals surface area contributed by atoms with Crippen molar-refractivity contribution in [1.29, 1.82) is 0 Å². The van der Waals surface area contributed by atoms with E-state index >= 15 is 0 Å². The minimum absolute atomic E-state index is 0.178. The molecule has 3 saturated carbocycles. The number of hydrogen-bond donors (Lipinski definition) is 2. The summed E-state index contributed by atoms with van der Waals surface area (Å²) in [6.07, 6.45) is 11.1. The number of ketones is 1. The van der Waals surface area contributed by atoms with Gasteiger partial charge in [-0.15, -0.1) is 0 Å². The maximum absolute atomic E-state index is 12.6. The number of rotatable bonds is 4. The quantitative estimate of drug-likeness (QED) is 0.563. The summed E-state index contributed by atoms with van der Waals surface area (Å²) in [4.78, 5) is 36.7. The molecule has 4 aliphatic carbocycles. The summed E-state index contributed by atoms with van der Waals surface area (Å²) in [6.45, 7) is 6.66. The van der Waals surface area contributed by atoms with Gasteiger partial charge in [-0.05, 0) is 117 Å². The molecule has 5 rings (SSSR count). The van der Waals surface area contributed by atoms with Crippen molar-refractivity contribution in [2.45, 2.75) is 72.1 Å². The SMILES string of the molecule is CNC(=O)c1ccc(C(=O)N/N=C2/C=C3CC[C@H]4[C@@H]5CC[C@H](C(C)=O)[C@@]5(C)CC[C@@H]4[C@@]3(C)CC2)cc1. The predicted octanol–water partition coefficient (Wildman–Crippen LogP) is 5.30. The van der Waals surface area contributed by atoms with Crippen LogP contribution >= 0.6 is 0 Å². The molecule has 2 amide bonds. The number of carbonyl (C=O) groups excluding carboxylic acids is 3. The highest BCUT2D eigenvalue weighted by atomic mass is 16.2. The minimum Gasteiger partial charge on any atom is -0.355 e. The van der Waals surface area contributed by atoms with E-state index in [-0.39, 0.29) is 28.6 Å². The number of hydrogen-bond acceptors (Lipinski definition) is 4. The van der Waals surface area contributed by atoms with E-state index in [0.29, 0.717) is 34.7 Å². The second-order valence-electron chi connectivity index (χ2n) is 12.0. The molecule has 0 unspecified atom stereocenters. The topological polar surface area (TPSA) is 87.6 Å². The third-order valence-corrected chi connectivity index (χ3v) is 10.4. The molecule has 4 aliphatic rings. The molecule has 0 radical (unpaired) electrons. The number of allylic oxidation sites excluding steroid dienone is 2. The first-order valence-electron chi connectivity index (χ1n) is 13.6. The summed E-state index contributed by atoms with van der Waals surface area (Å²) in [5, 5.41) is 7.06. The zero-order chi connectivity index (χ0) is 25.7. The predicted molar refractivity (Wildman–Crippen MR) is 141 cm³/mol. The van der Waals surface area contributed by atoms with E-state index in [4.69, 9.17) is 0 Å². The van der Waals surface area contributed by atoms with E-state index in [2.05, 4.69) is 35.8 Å². The van der Waals surface area contributed by atoms with Gasteiger partial charge in [0, 0.05) is 24.1 Å². The van der Waals surface area contributed by atoms with E-state index in [1.54, 1.807) is 38.2 Å². The zero-order valence-electron chi connectivity index (χ0n) is 22.0. The molecule has 0 spiro atoms. The van der Waals surface area contributed by atoms with Gasteiger partial charge < -0.3 is 5.32 Å². The summed E-state index contributed by atoms with van der Waals surface area (Å²) in [7, 11) is 1.58. The highest BCUT2D eigenvalue weighted by molar-refractivity contribution is 6.00. The Kier molecular flexibility index (Phi) is 6.42. The molecule has 6 atom stereocenters. The molecule has 3 fully saturated rings. The molecule has 1 aromatic rings. The van der Waals surface area contributed by atoms with Crippen LogP contribution in [-0.4, -0.2) is 30.4 Å². The second kappa shape index (κ2) is 9.28. The number of nitrogens with one attached hydrogen (secondary N) is 2. The first-order chi connectivity index (χ1) is 17.2. The number of carbonyl (C=O) groups is 3. The van der Waals surface area contributed by atoms with Gasteiger partial charge in [-0.2, -0.15) is 5.10 Å². The second-order valence-corrected chi connectivity index (χ2v) is 12.0. The van der Waals surface area contributed by atoms with Gasteiger partial charge in [-0.1, -0.05) is 19.4 Å². The molecular formula is C30H39N3O3. The van der Waals surface area contributed by atoms with E-state index in [1.165, 1.54) is 31.3 Å². The average Bonchev–Trinajstić information content (AvgIpc) is 3.24. The van der Waals surface area contributed by atoms with Crippen molar-refractivity contribution in [3.05, 3.63) is 47.0 Å². The maximum Gasteiger partial charge on any atom is 0.271 e. The first-order valence-corrected chi connectivity index (χ1v) is 13.6. The summed E-state index contributed by atoms with van der Waals surface area (Å²) < 4.78 is 0. The Balaban J connectivity index is 1.28. The van der Waals surface area contributed by atoms with Gasteiger partial charge in [0.15, 0.2) is 0 Å². The van der Waals surface area contributed by atoms with Gasteiger partial charge in [0.2, 0.25) is 0 Å². The number of nitrogens with zero attached hydrogens (tertiary/aromatic N) is 1. The Bertz CT molecular complexity index is 1140. The van der Waals surface area contributed by atoms with E-state index in [1.807, 2.05) is 0 Å². The number of amides is 2. The lowest BCUT2D eigenvalue weighted by atomic mass is 9.46. The van der Waals surface area contributed by atoms with Crippen molar-refractivity contribution in [3.8, 4) is 0 Å². The van der Waals surface area contributed by atoms with Gasteiger partial charge in [0.25, 0.3) is 11.8 Å². The Morgan fingerprint density at radius 3 is 2.25 bits per heavy atom. The molecule has 6 heteroatoms. The summed E-state index contributed by atoms with van der Waals surface area (Å²) in [5.41, 5.74) is 6.52. The summed E-state index contributed by atoms with van der Waals surface area (Å²) in [5.74, 6) is 2.26. The van der Waals surface area contributed by atoms with Crippen LogP contribution in [0.3, 0.4) is 0 Å². The Labute approximate surface area is 214 Å². The molecule has 0 aromatic heterocycles.